The summed E-state index contributed by atoms with van der Waals surface area (Å²) in [6, 6.07) is 4.96. The molecule has 0 unspecified atom stereocenters. The molecule has 6 nitrogen and oxygen atoms in total. The van der Waals surface area contributed by atoms with Crippen molar-refractivity contribution in [3.63, 3.8) is 0 Å². The van der Waals surface area contributed by atoms with Crippen LogP contribution in [0.25, 0.3) is 0 Å². The number of hydrogen-bond acceptors (Lipinski definition) is 4. The van der Waals surface area contributed by atoms with Crippen LogP contribution in [0.15, 0.2) is 23.1 Å². The van der Waals surface area contributed by atoms with Crippen molar-refractivity contribution in [1.29, 1.82) is 0 Å². The Morgan fingerprint density at radius 3 is 2.35 bits per heavy atom. The minimum Gasteiger partial charge on any atom is -0.399 e. The van der Waals surface area contributed by atoms with Gasteiger partial charge in [0.25, 0.3) is 10.0 Å². The Morgan fingerprint density at radius 2 is 1.85 bits per heavy atom. The number of benzene rings is 1. The number of aromatic nitrogens is 2. The van der Waals surface area contributed by atoms with Gasteiger partial charge in [-0.1, -0.05) is 6.92 Å². The summed E-state index contributed by atoms with van der Waals surface area (Å²) in [5, 5.41) is 6.71. The first kappa shape index (κ1) is 14.4. The van der Waals surface area contributed by atoms with Crippen molar-refractivity contribution in [2.24, 2.45) is 0 Å². The maximum absolute atomic E-state index is 12.4. The number of H-pyrrole nitrogens is 1. The van der Waals surface area contributed by atoms with Crippen LogP contribution in [0.3, 0.4) is 0 Å². The first-order valence-electron chi connectivity index (χ1n) is 6.27. The van der Waals surface area contributed by atoms with Crippen LogP contribution in [0.1, 0.15) is 23.7 Å². The van der Waals surface area contributed by atoms with Gasteiger partial charge in [-0.15, -0.1) is 0 Å². The van der Waals surface area contributed by atoms with Gasteiger partial charge in [-0.05, 0) is 43.5 Å². The monoisotopic (exact) mass is 294 g/mol. The first-order valence-corrected chi connectivity index (χ1v) is 7.75. The number of anilines is 2. The number of nitrogens with one attached hydrogen (secondary N) is 2. The molecular formula is C13H18N4O2S. The molecule has 0 aliphatic carbocycles. The molecule has 20 heavy (non-hydrogen) atoms. The molecular weight excluding hydrogens is 276 g/mol. The van der Waals surface area contributed by atoms with Crippen molar-refractivity contribution in [3.8, 4) is 0 Å². The van der Waals surface area contributed by atoms with E-state index in [1.165, 1.54) is 0 Å². The molecule has 0 aliphatic heterocycles. The number of rotatable bonds is 4. The standard InChI is InChI=1S/C13H18N4O2S/c1-4-11-7-12(16-15-11)17-20(18,19)13-8(2)5-10(14)6-9(13)3/h5-7H,4,14H2,1-3H3,(H2,15,16,17). The fourth-order valence-electron chi connectivity index (χ4n) is 2.19. The van der Waals surface area contributed by atoms with Gasteiger partial charge in [0, 0.05) is 17.4 Å². The molecule has 0 saturated carbocycles. The number of sulfonamides is 1. The summed E-state index contributed by atoms with van der Waals surface area (Å²) in [5.74, 6) is 0.289. The van der Waals surface area contributed by atoms with Gasteiger partial charge >= 0.3 is 0 Å². The maximum Gasteiger partial charge on any atom is 0.263 e. The van der Waals surface area contributed by atoms with Gasteiger partial charge in [0.2, 0.25) is 0 Å². The average molecular weight is 294 g/mol. The van der Waals surface area contributed by atoms with Crippen molar-refractivity contribution in [3.05, 3.63) is 35.0 Å². The van der Waals surface area contributed by atoms with Gasteiger partial charge in [0.1, 0.15) is 0 Å². The molecule has 1 aromatic carbocycles. The smallest absolute Gasteiger partial charge is 0.263 e. The molecule has 0 bridgehead atoms. The zero-order chi connectivity index (χ0) is 14.9. The SMILES string of the molecule is CCc1cc(NS(=O)(=O)c2c(C)cc(N)cc2C)n[nH]1. The fraction of sp³-hybridized carbons (Fsp3) is 0.308. The van der Waals surface area contributed by atoms with Gasteiger partial charge < -0.3 is 5.73 Å². The van der Waals surface area contributed by atoms with Crippen molar-refractivity contribution in [2.75, 3.05) is 10.5 Å². The van der Waals surface area contributed by atoms with Gasteiger partial charge in [-0.2, -0.15) is 5.10 Å². The number of hydrogen-bond donors (Lipinski definition) is 3. The zero-order valence-electron chi connectivity index (χ0n) is 11.7. The third kappa shape index (κ3) is 2.77. The molecule has 4 N–H and O–H groups in total. The van der Waals surface area contributed by atoms with E-state index in [4.69, 9.17) is 5.73 Å². The number of aromatic amines is 1. The molecule has 2 aromatic rings. The highest BCUT2D eigenvalue weighted by Gasteiger charge is 2.21. The molecule has 0 saturated heterocycles. The normalized spacial score (nSPS) is 11.6. The first-order chi connectivity index (χ1) is 9.33. The Hall–Kier alpha value is -2.02. The number of nitrogens with two attached hydrogens (primary N) is 1. The lowest BCUT2D eigenvalue weighted by atomic mass is 10.1. The molecule has 0 atom stereocenters. The molecule has 1 heterocycles. The van der Waals surface area contributed by atoms with Crippen LogP contribution in [-0.2, 0) is 16.4 Å². The van der Waals surface area contributed by atoms with Gasteiger partial charge in [-0.3, -0.25) is 9.82 Å². The minimum absolute atomic E-state index is 0.243. The largest absolute Gasteiger partial charge is 0.399 e. The van der Waals surface area contributed by atoms with Crippen molar-refractivity contribution in [2.45, 2.75) is 32.1 Å². The molecule has 108 valence electrons. The van der Waals surface area contributed by atoms with Crippen LogP contribution in [0.2, 0.25) is 0 Å². The van der Waals surface area contributed by atoms with Crippen LogP contribution < -0.4 is 10.5 Å². The molecule has 0 fully saturated rings. The quantitative estimate of drug-likeness (QED) is 0.750. The van der Waals surface area contributed by atoms with E-state index < -0.39 is 10.0 Å². The molecule has 0 amide bonds. The number of nitrogens with zero attached hydrogens (tertiary/aromatic N) is 1. The van der Waals surface area contributed by atoms with Gasteiger partial charge in [0.15, 0.2) is 5.82 Å². The summed E-state index contributed by atoms with van der Waals surface area (Å²) in [7, 11) is -3.67. The number of aryl methyl sites for hydroxylation is 3. The van der Waals surface area contributed by atoms with E-state index in [1.807, 2.05) is 6.92 Å². The lowest BCUT2D eigenvalue weighted by molar-refractivity contribution is 0.600. The topological polar surface area (TPSA) is 101 Å². The highest BCUT2D eigenvalue weighted by Crippen LogP contribution is 2.25. The second-order valence-electron chi connectivity index (χ2n) is 4.72. The number of nitrogen functional groups attached to an aromatic ring is 1. The summed E-state index contributed by atoms with van der Waals surface area (Å²) < 4.78 is 27.4. The second-order valence-corrected chi connectivity index (χ2v) is 6.34. The third-order valence-electron chi connectivity index (χ3n) is 3.00. The van der Waals surface area contributed by atoms with Crippen LogP contribution in [-0.4, -0.2) is 18.6 Å². The molecule has 0 spiro atoms. The van der Waals surface area contributed by atoms with Crippen molar-refractivity contribution < 1.29 is 8.42 Å². The Bertz CT molecular complexity index is 712. The van der Waals surface area contributed by atoms with Crippen LogP contribution in [0, 0.1) is 13.8 Å². The van der Waals surface area contributed by atoms with Crippen molar-refractivity contribution in [1.82, 2.24) is 10.2 Å². The van der Waals surface area contributed by atoms with Crippen LogP contribution in [0.4, 0.5) is 11.5 Å². The molecule has 0 aliphatic rings. The summed E-state index contributed by atoms with van der Waals surface area (Å²) >= 11 is 0. The second kappa shape index (κ2) is 5.16. The predicted octanol–water partition coefficient (Wildman–Crippen LogP) is 1.97. The Balaban J connectivity index is 2.40. The minimum atomic E-state index is -3.67. The van der Waals surface area contributed by atoms with Crippen LogP contribution >= 0.6 is 0 Å². The fourth-order valence-corrected chi connectivity index (χ4v) is 3.64. The molecule has 7 heteroatoms. The van der Waals surface area contributed by atoms with E-state index in [2.05, 4.69) is 14.9 Å². The van der Waals surface area contributed by atoms with Crippen LogP contribution in [0.5, 0.6) is 0 Å². The van der Waals surface area contributed by atoms with E-state index in [0.29, 0.717) is 16.8 Å². The maximum atomic E-state index is 12.4. The van der Waals surface area contributed by atoms with E-state index in [1.54, 1.807) is 32.0 Å². The highest BCUT2D eigenvalue weighted by atomic mass is 32.2. The van der Waals surface area contributed by atoms with Crippen molar-refractivity contribution >= 4 is 21.5 Å². The zero-order valence-corrected chi connectivity index (χ0v) is 12.5. The lowest BCUT2D eigenvalue weighted by Crippen LogP contribution is -2.16. The van der Waals surface area contributed by atoms with Gasteiger partial charge in [0.05, 0.1) is 4.90 Å². The highest BCUT2D eigenvalue weighted by molar-refractivity contribution is 7.92. The van der Waals surface area contributed by atoms with E-state index in [0.717, 1.165) is 12.1 Å². The van der Waals surface area contributed by atoms with E-state index >= 15 is 0 Å². The third-order valence-corrected chi connectivity index (χ3v) is 4.66. The summed E-state index contributed by atoms with van der Waals surface area (Å²) in [4.78, 5) is 0.243. The predicted molar refractivity (Wildman–Crippen MR) is 79.1 cm³/mol. The van der Waals surface area contributed by atoms with Gasteiger partial charge in [-0.25, -0.2) is 8.42 Å². The Kier molecular flexibility index (Phi) is 3.71. The lowest BCUT2D eigenvalue weighted by Gasteiger charge is -2.12. The summed E-state index contributed by atoms with van der Waals surface area (Å²) in [6.07, 6.45) is 0.759. The van der Waals surface area contributed by atoms with E-state index in [-0.39, 0.29) is 10.7 Å². The molecule has 2 rings (SSSR count). The summed E-state index contributed by atoms with van der Waals surface area (Å²) in [5.41, 5.74) is 8.35. The Labute approximate surface area is 118 Å². The Morgan fingerprint density at radius 1 is 1.25 bits per heavy atom. The van der Waals surface area contributed by atoms with E-state index in [9.17, 15) is 8.42 Å². The summed E-state index contributed by atoms with van der Waals surface area (Å²) in [6.45, 7) is 5.40. The average Bonchev–Trinajstić information content (AvgIpc) is 2.73. The molecule has 0 radical (unpaired) electrons. The molecule has 1 aromatic heterocycles.